The van der Waals surface area contributed by atoms with Crippen LogP contribution >= 0.6 is 0 Å². The summed E-state index contributed by atoms with van der Waals surface area (Å²) in [6.07, 6.45) is -13.6. The number of halogens is 10. The van der Waals surface area contributed by atoms with Crippen molar-refractivity contribution in [1.29, 1.82) is 0 Å². The van der Waals surface area contributed by atoms with Crippen LogP contribution in [0.4, 0.5) is 43.9 Å². The smallest absolute Gasteiger partial charge is 0.345 e. The van der Waals surface area contributed by atoms with Crippen LogP contribution in [0.1, 0.15) is 56.9 Å². The standard InChI is InChI=1S/C26H22F10N2O2/c1-13-9-16(10-14(2)20(13)27)18(25(31,32)33)6-4-15-3-5-17(19(11-15)26(34,35)36)21(39)38-23(7-8-23)22(40)37-12-24(28,29)30/h3-6,9-11,18H,7-8,12H2,1-2H3,(H,37,40)(H,38,39)/b6-4+. The Hall–Kier alpha value is -3.58. The summed E-state index contributed by atoms with van der Waals surface area (Å²) in [6, 6.07) is 4.04. The zero-order chi connectivity index (χ0) is 30.3. The van der Waals surface area contributed by atoms with Crippen molar-refractivity contribution in [1.82, 2.24) is 10.6 Å². The lowest BCUT2D eigenvalue weighted by atomic mass is 9.93. The van der Waals surface area contributed by atoms with Gasteiger partial charge in [0.05, 0.1) is 17.0 Å². The molecule has 0 bridgehead atoms. The van der Waals surface area contributed by atoms with E-state index < -0.39 is 65.3 Å². The van der Waals surface area contributed by atoms with Crippen molar-refractivity contribution < 1.29 is 53.5 Å². The third-order valence-electron chi connectivity index (χ3n) is 6.23. The molecule has 1 aliphatic carbocycles. The van der Waals surface area contributed by atoms with Gasteiger partial charge in [-0.25, -0.2) is 4.39 Å². The molecule has 0 saturated heterocycles. The van der Waals surface area contributed by atoms with Crippen molar-refractivity contribution >= 4 is 17.9 Å². The number of carbonyl (C=O) groups excluding carboxylic acids is 2. The summed E-state index contributed by atoms with van der Waals surface area (Å²) in [5, 5.41) is 3.62. The molecule has 2 aromatic carbocycles. The number of rotatable bonds is 7. The molecule has 0 heterocycles. The molecular weight excluding hydrogens is 562 g/mol. The second kappa shape index (κ2) is 10.8. The summed E-state index contributed by atoms with van der Waals surface area (Å²) in [7, 11) is 0. The zero-order valence-electron chi connectivity index (χ0n) is 20.8. The number of carbonyl (C=O) groups is 2. The topological polar surface area (TPSA) is 58.2 Å². The lowest BCUT2D eigenvalue weighted by Crippen LogP contribution is -2.51. The van der Waals surface area contributed by atoms with Crippen molar-refractivity contribution in [2.45, 2.75) is 56.7 Å². The van der Waals surface area contributed by atoms with E-state index in [4.69, 9.17) is 0 Å². The second-order valence-electron chi connectivity index (χ2n) is 9.48. The minimum atomic E-state index is -5.15. The fraction of sp³-hybridized carbons (Fsp3) is 0.385. The Morgan fingerprint density at radius 2 is 1.52 bits per heavy atom. The Bertz CT molecular complexity index is 1300. The van der Waals surface area contributed by atoms with Gasteiger partial charge in [-0.3, -0.25) is 9.59 Å². The Labute approximate surface area is 221 Å². The first-order chi connectivity index (χ1) is 18.2. The number of alkyl halides is 9. The van der Waals surface area contributed by atoms with E-state index in [0.29, 0.717) is 18.2 Å². The Morgan fingerprint density at radius 3 is 2.00 bits per heavy atom. The molecule has 1 saturated carbocycles. The van der Waals surface area contributed by atoms with Crippen LogP contribution in [0.25, 0.3) is 6.08 Å². The molecule has 1 aliphatic rings. The number of allylic oxidation sites excluding steroid dienone is 1. The fourth-order valence-corrected chi connectivity index (χ4v) is 4.04. The number of hydrogen-bond acceptors (Lipinski definition) is 2. The molecule has 1 atom stereocenters. The van der Waals surface area contributed by atoms with Gasteiger partial charge < -0.3 is 10.6 Å². The Morgan fingerprint density at radius 1 is 0.950 bits per heavy atom. The van der Waals surface area contributed by atoms with Gasteiger partial charge in [0.15, 0.2) is 0 Å². The molecule has 0 spiro atoms. The molecule has 2 aromatic rings. The van der Waals surface area contributed by atoms with Crippen LogP contribution in [-0.2, 0) is 11.0 Å². The zero-order valence-corrected chi connectivity index (χ0v) is 20.8. The number of aryl methyl sites for hydroxylation is 2. The van der Waals surface area contributed by atoms with Crippen molar-refractivity contribution in [3.63, 3.8) is 0 Å². The lowest BCUT2D eigenvalue weighted by molar-refractivity contribution is -0.140. The third kappa shape index (κ3) is 7.33. The van der Waals surface area contributed by atoms with Crippen LogP contribution < -0.4 is 10.6 Å². The van der Waals surface area contributed by atoms with Gasteiger partial charge in [0.2, 0.25) is 5.91 Å². The predicted molar refractivity (Wildman–Crippen MR) is 124 cm³/mol. The highest BCUT2D eigenvalue weighted by Gasteiger charge is 2.52. The first kappa shape index (κ1) is 31.0. The summed E-state index contributed by atoms with van der Waals surface area (Å²) in [4.78, 5) is 24.8. The maximum atomic E-state index is 13.9. The fourth-order valence-electron chi connectivity index (χ4n) is 4.04. The molecule has 1 unspecified atom stereocenters. The SMILES string of the molecule is Cc1cc(C(/C=C/c2ccc(C(=O)NC3(C(=O)NCC(F)(F)F)CC3)c(C(F)(F)F)c2)C(F)(F)F)cc(C)c1F. The molecule has 0 aliphatic heterocycles. The van der Waals surface area contributed by atoms with Gasteiger partial charge in [-0.1, -0.05) is 30.4 Å². The number of benzene rings is 2. The third-order valence-corrected chi connectivity index (χ3v) is 6.23. The lowest BCUT2D eigenvalue weighted by Gasteiger charge is -2.20. The van der Waals surface area contributed by atoms with Crippen LogP contribution in [0, 0.1) is 19.7 Å². The first-order valence-electron chi connectivity index (χ1n) is 11.6. The van der Waals surface area contributed by atoms with E-state index in [2.05, 4.69) is 0 Å². The van der Waals surface area contributed by atoms with Crippen molar-refractivity contribution in [3.05, 3.63) is 75.6 Å². The predicted octanol–water partition coefficient (Wildman–Crippen LogP) is 6.76. The van der Waals surface area contributed by atoms with Crippen LogP contribution in [0.5, 0.6) is 0 Å². The van der Waals surface area contributed by atoms with E-state index in [-0.39, 0.29) is 35.1 Å². The van der Waals surface area contributed by atoms with Crippen molar-refractivity contribution in [2.75, 3.05) is 6.54 Å². The number of amides is 2. The molecule has 2 N–H and O–H groups in total. The number of hydrogen-bond donors (Lipinski definition) is 2. The van der Waals surface area contributed by atoms with Gasteiger partial charge in [-0.2, -0.15) is 39.5 Å². The van der Waals surface area contributed by atoms with Crippen molar-refractivity contribution in [3.8, 4) is 0 Å². The van der Waals surface area contributed by atoms with Gasteiger partial charge in [-0.15, -0.1) is 0 Å². The molecule has 0 radical (unpaired) electrons. The maximum Gasteiger partial charge on any atom is 0.417 e. The molecule has 0 aromatic heterocycles. The molecule has 2 amide bonds. The van der Waals surface area contributed by atoms with E-state index in [0.717, 1.165) is 24.3 Å². The van der Waals surface area contributed by atoms with Crippen LogP contribution in [-0.4, -0.2) is 36.3 Å². The average Bonchev–Trinajstić information content (AvgIpc) is 3.59. The summed E-state index contributed by atoms with van der Waals surface area (Å²) in [5.41, 5.74) is -5.09. The Balaban J connectivity index is 1.90. The molecular formula is C26H22F10N2O2. The monoisotopic (exact) mass is 584 g/mol. The molecule has 4 nitrogen and oxygen atoms in total. The molecule has 3 rings (SSSR count). The first-order valence-corrected chi connectivity index (χ1v) is 11.6. The largest absolute Gasteiger partial charge is 0.417 e. The second-order valence-corrected chi connectivity index (χ2v) is 9.48. The highest BCUT2D eigenvalue weighted by atomic mass is 19.4. The van der Waals surface area contributed by atoms with Crippen LogP contribution in [0.2, 0.25) is 0 Å². The summed E-state index contributed by atoms with van der Waals surface area (Å²) in [6.45, 7) is 0.844. The summed E-state index contributed by atoms with van der Waals surface area (Å²) >= 11 is 0. The van der Waals surface area contributed by atoms with E-state index in [1.165, 1.54) is 13.8 Å². The van der Waals surface area contributed by atoms with Gasteiger partial charge in [-0.05, 0) is 61.1 Å². The van der Waals surface area contributed by atoms with E-state index in [1.54, 1.807) is 5.32 Å². The van der Waals surface area contributed by atoms with E-state index in [9.17, 15) is 53.5 Å². The molecule has 40 heavy (non-hydrogen) atoms. The summed E-state index contributed by atoms with van der Waals surface area (Å²) < 4.78 is 134. The quantitative estimate of drug-likeness (QED) is 0.354. The van der Waals surface area contributed by atoms with Gasteiger partial charge >= 0.3 is 18.5 Å². The highest BCUT2D eigenvalue weighted by molar-refractivity contribution is 6.01. The Kier molecular flexibility index (Phi) is 8.33. The highest BCUT2D eigenvalue weighted by Crippen LogP contribution is 2.40. The summed E-state index contributed by atoms with van der Waals surface area (Å²) in [5.74, 6) is -5.58. The number of nitrogens with one attached hydrogen (secondary N) is 2. The normalized spacial score (nSPS) is 16.1. The van der Waals surface area contributed by atoms with E-state index >= 15 is 0 Å². The maximum absolute atomic E-state index is 13.9. The van der Waals surface area contributed by atoms with Gasteiger partial charge in [0, 0.05) is 0 Å². The molecule has 1 fully saturated rings. The van der Waals surface area contributed by atoms with Crippen LogP contribution in [0.15, 0.2) is 36.4 Å². The van der Waals surface area contributed by atoms with Crippen LogP contribution in [0.3, 0.4) is 0 Å². The molecule has 14 heteroatoms. The molecule has 218 valence electrons. The van der Waals surface area contributed by atoms with Crippen molar-refractivity contribution in [2.24, 2.45) is 0 Å². The van der Waals surface area contributed by atoms with Gasteiger partial charge in [0.1, 0.15) is 17.9 Å². The average molecular weight is 584 g/mol. The van der Waals surface area contributed by atoms with Gasteiger partial charge in [0.25, 0.3) is 5.91 Å². The minimum Gasteiger partial charge on any atom is -0.345 e. The minimum absolute atomic E-state index is 0.0482. The van der Waals surface area contributed by atoms with E-state index in [1.807, 2.05) is 5.32 Å².